The topological polar surface area (TPSA) is 169 Å². The van der Waals surface area contributed by atoms with Crippen LogP contribution in [0.25, 0.3) is 5.65 Å². The Labute approximate surface area is 227 Å². The number of phenols is 1. The summed E-state index contributed by atoms with van der Waals surface area (Å²) in [5, 5.41) is 27.3. The second-order valence-electron chi connectivity index (χ2n) is 9.63. The van der Waals surface area contributed by atoms with Crippen LogP contribution in [-0.4, -0.2) is 71.7 Å². The summed E-state index contributed by atoms with van der Waals surface area (Å²) in [5.41, 5.74) is 8.82. The third-order valence-corrected chi connectivity index (χ3v) is 7.85. The van der Waals surface area contributed by atoms with Gasteiger partial charge < -0.3 is 21.1 Å². The summed E-state index contributed by atoms with van der Waals surface area (Å²) in [6.07, 6.45) is 1.59. The van der Waals surface area contributed by atoms with Gasteiger partial charge in [0.2, 0.25) is 5.91 Å². The molecule has 13 heteroatoms. The number of carbonyl (C=O) groups excluding carboxylic acids is 3. The van der Waals surface area contributed by atoms with E-state index >= 15 is 0 Å². The van der Waals surface area contributed by atoms with E-state index in [0.717, 1.165) is 16.3 Å². The van der Waals surface area contributed by atoms with Crippen LogP contribution in [0, 0.1) is 13.8 Å². The molecule has 1 aliphatic heterocycles. The molecule has 0 aliphatic carbocycles. The molecule has 1 aliphatic rings. The number of nitrogens with one attached hydrogen (secondary N) is 1. The molecule has 0 bridgehead atoms. The van der Waals surface area contributed by atoms with Crippen molar-refractivity contribution in [3.8, 4) is 5.75 Å². The van der Waals surface area contributed by atoms with Gasteiger partial charge in [0.05, 0.1) is 16.4 Å². The van der Waals surface area contributed by atoms with Crippen molar-refractivity contribution in [1.29, 1.82) is 0 Å². The molecular formula is C26H28N8O4S. The number of fused-ring (bicyclic) bond motifs is 1. The Balaban J connectivity index is 1.19. The zero-order chi connectivity index (χ0) is 27.7. The van der Waals surface area contributed by atoms with E-state index in [-0.39, 0.29) is 35.4 Å². The highest BCUT2D eigenvalue weighted by Gasteiger charge is 2.29. The summed E-state index contributed by atoms with van der Waals surface area (Å²) in [6, 6.07) is 7.24. The molecule has 4 heterocycles. The highest BCUT2D eigenvalue weighted by molar-refractivity contribution is 7.09. The van der Waals surface area contributed by atoms with Gasteiger partial charge in [-0.25, -0.2) is 9.50 Å². The summed E-state index contributed by atoms with van der Waals surface area (Å²) in [6.45, 7) is 4.72. The molecule has 0 radical (unpaired) electrons. The van der Waals surface area contributed by atoms with Gasteiger partial charge in [-0.15, -0.1) is 21.5 Å². The molecule has 3 amide bonds. The Morgan fingerprint density at radius 1 is 1.15 bits per heavy atom. The first-order chi connectivity index (χ1) is 18.7. The molecule has 202 valence electrons. The SMILES string of the molecule is Cc1cc2nnc(C(=O)N3CCC(c4nc(C(=O)NC(Cc5ccc(O)cc5)C(N)=O)cs4)CC3)c(C)n2n1. The first-order valence-electron chi connectivity index (χ1n) is 12.5. The Morgan fingerprint density at radius 3 is 2.56 bits per heavy atom. The van der Waals surface area contributed by atoms with Crippen molar-refractivity contribution in [3.63, 3.8) is 0 Å². The number of primary amides is 1. The van der Waals surface area contributed by atoms with Gasteiger partial charge in [-0.05, 0) is 44.4 Å². The smallest absolute Gasteiger partial charge is 0.276 e. The van der Waals surface area contributed by atoms with E-state index in [4.69, 9.17) is 5.73 Å². The molecule has 1 saturated heterocycles. The van der Waals surface area contributed by atoms with Crippen LogP contribution in [0.5, 0.6) is 5.75 Å². The highest BCUT2D eigenvalue weighted by atomic mass is 32.1. The molecule has 1 aromatic carbocycles. The zero-order valence-electron chi connectivity index (χ0n) is 21.5. The number of aromatic nitrogens is 5. The number of amides is 3. The Hall–Kier alpha value is -4.39. The molecule has 1 atom stereocenters. The second-order valence-corrected chi connectivity index (χ2v) is 10.5. The number of rotatable bonds is 7. The van der Waals surface area contributed by atoms with Crippen LogP contribution in [0.1, 0.15) is 61.7 Å². The van der Waals surface area contributed by atoms with E-state index in [1.54, 1.807) is 26.9 Å². The van der Waals surface area contributed by atoms with Crippen LogP contribution < -0.4 is 11.1 Å². The lowest BCUT2D eigenvalue weighted by Gasteiger charge is -2.31. The lowest BCUT2D eigenvalue weighted by molar-refractivity contribution is -0.119. The molecule has 4 N–H and O–H groups in total. The molecule has 39 heavy (non-hydrogen) atoms. The van der Waals surface area contributed by atoms with Gasteiger partial charge in [0.15, 0.2) is 11.3 Å². The standard InChI is InChI=1S/C26H28N8O4S/c1-14-11-21-30-31-22(15(2)34(21)32-14)26(38)33-9-7-17(8-10-33)25-29-20(13-39-25)24(37)28-19(23(27)36)12-16-3-5-18(35)6-4-16/h3-6,11,13,17,19,35H,7-10,12H2,1-2H3,(H2,27,36)(H,28,37). The normalized spacial score (nSPS) is 14.9. The summed E-state index contributed by atoms with van der Waals surface area (Å²) in [4.78, 5) is 44.3. The number of aryl methyl sites for hydroxylation is 2. The number of piperidine rings is 1. The van der Waals surface area contributed by atoms with Gasteiger partial charge in [0.25, 0.3) is 11.8 Å². The Morgan fingerprint density at radius 2 is 1.87 bits per heavy atom. The number of phenolic OH excluding ortho intramolecular Hbond substituents is 1. The second kappa shape index (κ2) is 10.8. The molecule has 3 aromatic heterocycles. The first kappa shape index (κ1) is 26.2. The predicted molar refractivity (Wildman–Crippen MR) is 143 cm³/mol. The predicted octanol–water partition coefficient (Wildman–Crippen LogP) is 1.75. The molecule has 5 rings (SSSR count). The average Bonchev–Trinajstić information content (AvgIpc) is 3.57. The fraction of sp³-hybridized carbons (Fsp3) is 0.346. The van der Waals surface area contributed by atoms with Gasteiger partial charge >= 0.3 is 0 Å². The number of benzene rings is 1. The van der Waals surface area contributed by atoms with E-state index in [9.17, 15) is 19.5 Å². The number of likely N-dealkylation sites (tertiary alicyclic amines) is 1. The van der Waals surface area contributed by atoms with Crippen LogP contribution in [0.15, 0.2) is 35.7 Å². The number of nitrogens with zero attached hydrogens (tertiary/aromatic N) is 6. The molecule has 1 fully saturated rings. The van der Waals surface area contributed by atoms with Crippen molar-refractivity contribution in [2.24, 2.45) is 5.73 Å². The summed E-state index contributed by atoms with van der Waals surface area (Å²) < 4.78 is 1.64. The van der Waals surface area contributed by atoms with Gasteiger partial charge in [-0.2, -0.15) is 5.10 Å². The number of nitrogens with two attached hydrogens (primary N) is 1. The van der Waals surface area contributed by atoms with E-state index in [1.165, 1.54) is 23.5 Å². The van der Waals surface area contributed by atoms with Crippen LogP contribution >= 0.6 is 11.3 Å². The molecule has 1 unspecified atom stereocenters. The van der Waals surface area contributed by atoms with Crippen molar-refractivity contribution in [3.05, 3.63) is 69.1 Å². The summed E-state index contributed by atoms with van der Waals surface area (Å²) in [5.74, 6) is -1.11. The molecule has 0 saturated carbocycles. The van der Waals surface area contributed by atoms with Gasteiger partial charge in [0, 0.05) is 36.9 Å². The largest absolute Gasteiger partial charge is 0.508 e. The summed E-state index contributed by atoms with van der Waals surface area (Å²) >= 11 is 1.38. The van der Waals surface area contributed by atoms with E-state index in [1.807, 2.05) is 19.9 Å². The minimum absolute atomic E-state index is 0.105. The minimum Gasteiger partial charge on any atom is -0.508 e. The highest BCUT2D eigenvalue weighted by Crippen LogP contribution is 2.31. The minimum atomic E-state index is -0.919. The zero-order valence-corrected chi connectivity index (χ0v) is 22.3. The Kier molecular flexibility index (Phi) is 7.24. The van der Waals surface area contributed by atoms with Crippen molar-refractivity contribution in [2.45, 2.75) is 45.1 Å². The Bertz CT molecular complexity index is 1540. The quantitative estimate of drug-likeness (QED) is 0.314. The number of hydrogen-bond acceptors (Lipinski definition) is 9. The van der Waals surface area contributed by atoms with Crippen LogP contribution in [0.2, 0.25) is 0 Å². The molecule has 0 spiro atoms. The maximum absolute atomic E-state index is 13.2. The lowest BCUT2D eigenvalue weighted by Crippen LogP contribution is -2.46. The number of aromatic hydroxyl groups is 1. The van der Waals surface area contributed by atoms with Crippen LogP contribution in [0.3, 0.4) is 0 Å². The van der Waals surface area contributed by atoms with Crippen molar-refractivity contribution in [2.75, 3.05) is 13.1 Å². The van der Waals surface area contributed by atoms with Gasteiger partial charge in [-0.1, -0.05) is 12.1 Å². The molecule has 12 nitrogen and oxygen atoms in total. The van der Waals surface area contributed by atoms with E-state index in [0.29, 0.717) is 37.3 Å². The van der Waals surface area contributed by atoms with Crippen molar-refractivity contribution >= 4 is 34.7 Å². The number of thiazole rings is 1. The fourth-order valence-corrected chi connectivity index (χ4v) is 5.63. The van der Waals surface area contributed by atoms with Crippen molar-refractivity contribution in [1.82, 2.24) is 35.0 Å². The monoisotopic (exact) mass is 548 g/mol. The number of hydrogen-bond donors (Lipinski definition) is 3. The van der Waals surface area contributed by atoms with Gasteiger partial charge in [-0.3, -0.25) is 14.4 Å². The maximum Gasteiger partial charge on any atom is 0.276 e. The van der Waals surface area contributed by atoms with E-state index < -0.39 is 17.9 Å². The fourth-order valence-electron chi connectivity index (χ4n) is 4.66. The molecule has 4 aromatic rings. The third-order valence-electron chi connectivity index (χ3n) is 6.84. The average molecular weight is 549 g/mol. The molecular weight excluding hydrogens is 520 g/mol. The van der Waals surface area contributed by atoms with E-state index in [2.05, 4.69) is 25.6 Å². The van der Waals surface area contributed by atoms with Crippen LogP contribution in [0.4, 0.5) is 0 Å². The lowest BCUT2D eigenvalue weighted by atomic mass is 9.97. The van der Waals surface area contributed by atoms with Crippen molar-refractivity contribution < 1.29 is 19.5 Å². The van der Waals surface area contributed by atoms with Crippen LogP contribution in [-0.2, 0) is 11.2 Å². The summed E-state index contributed by atoms with van der Waals surface area (Å²) in [7, 11) is 0. The first-order valence-corrected chi connectivity index (χ1v) is 13.4. The third kappa shape index (κ3) is 5.58. The maximum atomic E-state index is 13.2. The number of carbonyl (C=O) groups is 3. The van der Waals surface area contributed by atoms with Gasteiger partial charge in [0.1, 0.15) is 17.5 Å².